The van der Waals surface area contributed by atoms with Gasteiger partial charge in [-0.05, 0) is 66.1 Å². The molecule has 0 fully saturated rings. The summed E-state index contributed by atoms with van der Waals surface area (Å²) in [5.41, 5.74) is 2.47. The zero-order valence-electron chi connectivity index (χ0n) is 18.7. The van der Waals surface area contributed by atoms with Crippen molar-refractivity contribution >= 4 is 51.9 Å². The van der Waals surface area contributed by atoms with Gasteiger partial charge in [0.2, 0.25) is 11.6 Å². The van der Waals surface area contributed by atoms with Crippen LogP contribution in [-0.2, 0) is 0 Å². The number of aryl methyl sites for hydroxylation is 1. The van der Waals surface area contributed by atoms with Crippen molar-refractivity contribution in [3.05, 3.63) is 110 Å². The second kappa shape index (κ2) is 10.6. The first kappa shape index (κ1) is 24.9. The molecule has 4 aromatic rings. The van der Waals surface area contributed by atoms with Gasteiger partial charge < -0.3 is 10.6 Å². The molecule has 2 N–H and O–H groups in total. The molecule has 1 unspecified atom stereocenters. The second-order valence-electron chi connectivity index (χ2n) is 7.74. The number of hydrogen-bond donors (Lipinski definition) is 2. The Kier molecular flexibility index (Phi) is 7.29. The molecule has 0 radical (unpaired) electrons. The van der Waals surface area contributed by atoms with Crippen LogP contribution >= 0.6 is 23.2 Å². The van der Waals surface area contributed by atoms with Gasteiger partial charge in [-0.1, -0.05) is 41.4 Å². The maximum Gasteiger partial charge on any atom is 0.353 e. The van der Waals surface area contributed by atoms with Crippen molar-refractivity contribution in [1.29, 1.82) is 5.26 Å². The van der Waals surface area contributed by atoms with E-state index in [1.807, 2.05) is 0 Å². The van der Waals surface area contributed by atoms with Gasteiger partial charge in [-0.3, -0.25) is 10.1 Å². The highest BCUT2D eigenvalue weighted by atomic mass is 35.5. The number of halogens is 3. The van der Waals surface area contributed by atoms with E-state index in [0.29, 0.717) is 32.5 Å². The largest absolute Gasteiger partial charge is 0.353 e. The Morgan fingerprint density at radius 3 is 2.28 bits per heavy atom. The van der Waals surface area contributed by atoms with Crippen molar-refractivity contribution in [2.45, 2.75) is 12.8 Å². The van der Waals surface area contributed by atoms with Crippen LogP contribution < -0.4 is 10.6 Å². The van der Waals surface area contributed by atoms with Crippen molar-refractivity contribution in [1.82, 2.24) is 9.97 Å². The van der Waals surface area contributed by atoms with Crippen LogP contribution in [0, 0.1) is 34.2 Å². The fraction of sp³-hybridized carbons (Fsp3) is 0.0800. The quantitative estimate of drug-likeness (QED) is 0.193. The van der Waals surface area contributed by atoms with Crippen molar-refractivity contribution in [3.8, 4) is 6.07 Å². The number of nitrogens with one attached hydrogen (secondary N) is 2. The van der Waals surface area contributed by atoms with Crippen LogP contribution in [0.2, 0.25) is 10.0 Å². The molecule has 4 rings (SSSR count). The van der Waals surface area contributed by atoms with E-state index in [1.54, 1.807) is 43.3 Å². The van der Waals surface area contributed by atoms with Gasteiger partial charge in [0, 0.05) is 21.4 Å². The predicted molar refractivity (Wildman–Crippen MR) is 137 cm³/mol. The van der Waals surface area contributed by atoms with Gasteiger partial charge in [0.1, 0.15) is 12.1 Å². The highest BCUT2D eigenvalue weighted by Gasteiger charge is 2.25. The fourth-order valence-electron chi connectivity index (χ4n) is 3.57. The predicted octanol–water partition coefficient (Wildman–Crippen LogP) is 7.28. The van der Waals surface area contributed by atoms with E-state index in [2.05, 4.69) is 26.7 Å². The van der Waals surface area contributed by atoms with Crippen molar-refractivity contribution in [3.63, 3.8) is 0 Å². The molecule has 0 aliphatic carbocycles. The fourth-order valence-corrected chi connectivity index (χ4v) is 3.97. The number of anilines is 4. The van der Waals surface area contributed by atoms with Gasteiger partial charge >= 0.3 is 5.69 Å². The number of nitriles is 1. The van der Waals surface area contributed by atoms with Crippen LogP contribution in [0.1, 0.15) is 22.6 Å². The number of benzene rings is 3. The summed E-state index contributed by atoms with van der Waals surface area (Å²) in [6.45, 7) is 1.78. The normalized spacial score (nSPS) is 11.4. The Bertz CT molecular complexity index is 1470. The molecule has 0 bridgehead atoms. The minimum atomic E-state index is -0.637. The zero-order valence-corrected chi connectivity index (χ0v) is 20.2. The van der Waals surface area contributed by atoms with E-state index in [1.165, 1.54) is 30.6 Å². The standard InChI is InChI=1S/C25H17Cl2FN6O2/c1-14-10-19(20(12-29)15-2-4-16(26)5-3-15)21(27)11-22(14)33-25-23(34(35)36)24(30-13-31-25)32-18-8-6-17(28)7-9-18/h2-11,13,20H,1H3,(H2,30,31,32,33). The molecule has 1 atom stereocenters. The van der Waals surface area contributed by atoms with Gasteiger partial charge in [0.25, 0.3) is 0 Å². The van der Waals surface area contributed by atoms with Crippen LogP contribution in [0.3, 0.4) is 0 Å². The van der Waals surface area contributed by atoms with Gasteiger partial charge in [-0.2, -0.15) is 5.26 Å². The lowest BCUT2D eigenvalue weighted by molar-refractivity contribution is -0.383. The number of hydrogen-bond acceptors (Lipinski definition) is 7. The highest BCUT2D eigenvalue weighted by Crippen LogP contribution is 2.37. The molecular weight excluding hydrogens is 506 g/mol. The first-order valence-corrected chi connectivity index (χ1v) is 11.3. The lowest BCUT2D eigenvalue weighted by atomic mass is 9.91. The van der Waals surface area contributed by atoms with E-state index in [9.17, 15) is 19.8 Å². The van der Waals surface area contributed by atoms with Crippen molar-refractivity contribution < 1.29 is 9.31 Å². The first-order chi connectivity index (χ1) is 17.3. The molecule has 1 aromatic heterocycles. The van der Waals surface area contributed by atoms with Gasteiger partial charge in [-0.15, -0.1) is 0 Å². The molecule has 1 heterocycles. The third-order valence-corrected chi connectivity index (χ3v) is 5.93. The molecule has 0 saturated heterocycles. The third-order valence-electron chi connectivity index (χ3n) is 5.35. The van der Waals surface area contributed by atoms with Crippen LogP contribution in [0.5, 0.6) is 0 Å². The monoisotopic (exact) mass is 522 g/mol. The van der Waals surface area contributed by atoms with Gasteiger partial charge in [-0.25, -0.2) is 14.4 Å². The maximum absolute atomic E-state index is 13.2. The Balaban J connectivity index is 1.68. The number of nitrogens with zero attached hydrogens (tertiary/aromatic N) is 4. The molecule has 180 valence electrons. The molecule has 0 amide bonds. The number of nitro groups is 1. The summed E-state index contributed by atoms with van der Waals surface area (Å²) in [6, 6.07) is 17.8. The summed E-state index contributed by atoms with van der Waals surface area (Å²) in [6.07, 6.45) is 1.17. The van der Waals surface area contributed by atoms with Crippen LogP contribution in [0.4, 0.5) is 33.1 Å². The Hall–Kier alpha value is -4.26. The molecule has 0 aliphatic rings. The third kappa shape index (κ3) is 5.35. The molecule has 8 nitrogen and oxygen atoms in total. The molecule has 0 aliphatic heterocycles. The van der Waals surface area contributed by atoms with E-state index >= 15 is 0 Å². The summed E-state index contributed by atoms with van der Waals surface area (Å²) in [5, 5.41) is 28.3. The Morgan fingerprint density at radius 1 is 1.03 bits per heavy atom. The topological polar surface area (TPSA) is 117 Å². The average Bonchev–Trinajstić information content (AvgIpc) is 2.85. The minimum absolute atomic E-state index is 0.0685. The molecule has 0 spiro atoms. The SMILES string of the molecule is Cc1cc(C(C#N)c2ccc(Cl)cc2)c(Cl)cc1Nc1ncnc(Nc2ccc(F)cc2)c1[N+](=O)[O-]. The smallest absolute Gasteiger partial charge is 0.334 e. The van der Waals surface area contributed by atoms with Crippen molar-refractivity contribution in [2.24, 2.45) is 0 Å². The van der Waals surface area contributed by atoms with E-state index in [-0.39, 0.29) is 11.6 Å². The zero-order chi connectivity index (χ0) is 25.8. The molecule has 11 heteroatoms. The molecular formula is C25H17Cl2FN6O2. The van der Waals surface area contributed by atoms with E-state index < -0.39 is 22.3 Å². The molecule has 3 aromatic carbocycles. The lowest BCUT2D eigenvalue weighted by Gasteiger charge is -2.17. The summed E-state index contributed by atoms with van der Waals surface area (Å²) < 4.78 is 13.2. The van der Waals surface area contributed by atoms with Crippen LogP contribution in [0.15, 0.2) is 67.0 Å². The number of aromatic nitrogens is 2. The average molecular weight is 523 g/mol. The van der Waals surface area contributed by atoms with Gasteiger partial charge in [0.05, 0.1) is 16.9 Å². The van der Waals surface area contributed by atoms with E-state index in [0.717, 1.165) is 5.56 Å². The first-order valence-electron chi connectivity index (χ1n) is 10.5. The lowest BCUT2D eigenvalue weighted by Crippen LogP contribution is -2.07. The van der Waals surface area contributed by atoms with Crippen LogP contribution in [-0.4, -0.2) is 14.9 Å². The Morgan fingerprint density at radius 2 is 1.67 bits per heavy atom. The Labute approximate surface area is 215 Å². The summed E-state index contributed by atoms with van der Waals surface area (Å²) >= 11 is 12.5. The maximum atomic E-state index is 13.2. The molecule has 0 saturated carbocycles. The summed E-state index contributed by atoms with van der Waals surface area (Å²) in [7, 11) is 0. The van der Waals surface area contributed by atoms with Crippen molar-refractivity contribution in [2.75, 3.05) is 10.6 Å². The summed E-state index contributed by atoms with van der Waals surface area (Å²) in [5.74, 6) is -1.22. The molecule has 36 heavy (non-hydrogen) atoms. The second-order valence-corrected chi connectivity index (χ2v) is 8.58. The highest BCUT2D eigenvalue weighted by molar-refractivity contribution is 6.32. The van der Waals surface area contributed by atoms with E-state index in [4.69, 9.17) is 23.2 Å². The number of rotatable bonds is 7. The minimum Gasteiger partial charge on any atom is -0.334 e. The van der Waals surface area contributed by atoms with Gasteiger partial charge in [0.15, 0.2) is 0 Å². The van der Waals surface area contributed by atoms with Crippen LogP contribution in [0.25, 0.3) is 0 Å². The summed E-state index contributed by atoms with van der Waals surface area (Å²) in [4.78, 5) is 19.3.